The normalized spacial score (nSPS) is 39.7. The second-order valence-corrected chi connectivity index (χ2v) is 7.07. The predicted molar refractivity (Wildman–Crippen MR) is 91.6 cm³/mol. The Labute approximate surface area is 137 Å². The third-order valence-electron chi connectivity index (χ3n) is 5.44. The standard InChI is InChI=1S/C16H27N7/c1-22-16-13(15(17)18-10-19-16)14(21-22)12-7-20-23(9-12)8-11-5-3-2-4-6-11/h2-3,7,11-13,15-16,18-19H,4-6,8-10,17H2,1H3/t11-,12?,13?,15?,16?/m0/s1. The molecule has 7 nitrogen and oxygen atoms in total. The maximum absolute atomic E-state index is 6.30. The molecule has 4 unspecified atom stereocenters. The van der Waals surface area contributed by atoms with Crippen LogP contribution in [-0.4, -0.2) is 61.1 Å². The molecule has 0 spiro atoms. The predicted octanol–water partition coefficient (Wildman–Crippen LogP) is -0.0609. The van der Waals surface area contributed by atoms with Crippen molar-refractivity contribution in [3.05, 3.63) is 12.2 Å². The highest BCUT2D eigenvalue weighted by atomic mass is 15.6. The van der Waals surface area contributed by atoms with E-state index >= 15 is 0 Å². The summed E-state index contributed by atoms with van der Waals surface area (Å²) in [6.45, 7) is 2.72. The van der Waals surface area contributed by atoms with Crippen LogP contribution in [0.2, 0.25) is 0 Å². The van der Waals surface area contributed by atoms with Crippen LogP contribution in [0.25, 0.3) is 0 Å². The highest BCUT2D eigenvalue weighted by molar-refractivity contribution is 6.02. The van der Waals surface area contributed by atoms with E-state index in [4.69, 9.17) is 10.8 Å². The smallest absolute Gasteiger partial charge is 0.108 e. The summed E-state index contributed by atoms with van der Waals surface area (Å²) in [7, 11) is 2.02. The fraction of sp³-hybridized carbons (Fsp3) is 0.750. The van der Waals surface area contributed by atoms with Crippen LogP contribution in [0, 0.1) is 17.8 Å². The second kappa shape index (κ2) is 6.22. The van der Waals surface area contributed by atoms with Crippen LogP contribution < -0.4 is 16.4 Å². The van der Waals surface area contributed by atoms with Gasteiger partial charge in [-0.25, -0.2) is 0 Å². The lowest BCUT2D eigenvalue weighted by Gasteiger charge is -2.36. The first kappa shape index (κ1) is 15.1. The van der Waals surface area contributed by atoms with Crippen molar-refractivity contribution in [1.29, 1.82) is 0 Å². The molecule has 0 amide bonds. The fourth-order valence-electron chi connectivity index (χ4n) is 4.18. The van der Waals surface area contributed by atoms with Crippen LogP contribution in [0.5, 0.6) is 0 Å². The molecule has 1 aliphatic carbocycles. The first-order valence-corrected chi connectivity index (χ1v) is 8.70. The largest absolute Gasteiger partial charge is 0.315 e. The van der Waals surface area contributed by atoms with Gasteiger partial charge in [-0.15, -0.1) is 0 Å². The average Bonchev–Trinajstić information content (AvgIpc) is 3.14. The SMILES string of the molecule is CN1N=C(C2C=NN(C[C@H]3CC=CCC3)C2)C2C(N)NCNC21. The zero-order chi connectivity index (χ0) is 15.8. The van der Waals surface area contributed by atoms with Gasteiger partial charge < -0.3 is 5.73 Å². The first-order chi connectivity index (χ1) is 11.2. The molecule has 126 valence electrons. The zero-order valence-electron chi connectivity index (χ0n) is 13.7. The van der Waals surface area contributed by atoms with Gasteiger partial charge in [0, 0.05) is 33.0 Å². The number of rotatable bonds is 3. The van der Waals surface area contributed by atoms with Crippen LogP contribution in [0.1, 0.15) is 19.3 Å². The molecule has 0 bridgehead atoms. The van der Waals surface area contributed by atoms with Crippen molar-refractivity contribution >= 4 is 11.9 Å². The van der Waals surface area contributed by atoms with Gasteiger partial charge in [-0.1, -0.05) is 12.2 Å². The lowest BCUT2D eigenvalue weighted by atomic mass is 9.88. The minimum Gasteiger partial charge on any atom is -0.315 e. The summed E-state index contributed by atoms with van der Waals surface area (Å²) in [6, 6.07) is 0. The van der Waals surface area contributed by atoms with Crippen molar-refractivity contribution in [2.24, 2.45) is 33.7 Å². The molecular formula is C16H27N7. The minimum atomic E-state index is -0.0455. The summed E-state index contributed by atoms with van der Waals surface area (Å²) in [5, 5.41) is 20.4. The summed E-state index contributed by atoms with van der Waals surface area (Å²) in [5.74, 6) is 1.22. The molecule has 5 atom stereocenters. The highest BCUT2D eigenvalue weighted by Gasteiger charge is 2.45. The molecule has 3 heterocycles. The van der Waals surface area contributed by atoms with Gasteiger partial charge in [0.05, 0.1) is 23.7 Å². The molecule has 0 saturated carbocycles. The number of hydrazone groups is 2. The van der Waals surface area contributed by atoms with Crippen LogP contribution in [0.4, 0.5) is 0 Å². The van der Waals surface area contributed by atoms with Crippen molar-refractivity contribution in [2.75, 3.05) is 26.8 Å². The van der Waals surface area contributed by atoms with Gasteiger partial charge in [0.2, 0.25) is 0 Å². The fourth-order valence-corrected chi connectivity index (χ4v) is 4.18. The number of fused-ring (bicyclic) bond motifs is 1. The molecule has 0 aromatic heterocycles. The molecule has 23 heavy (non-hydrogen) atoms. The summed E-state index contributed by atoms with van der Waals surface area (Å²) >= 11 is 0. The summed E-state index contributed by atoms with van der Waals surface area (Å²) < 4.78 is 0. The number of nitrogens with zero attached hydrogens (tertiary/aromatic N) is 4. The molecule has 0 radical (unpaired) electrons. The van der Waals surface area contributed by atoms with E-state index in [2.05, 4.69) is 39.1 Å². The number of nitrogens with one attached hydrogen (secondary N) is 2. The Morgan fingerprint density at radius 2 is 2.26 bits per heavy atom. The molecular weight excluding hydrogens is 290 g/mol. The topological polar surface area (TPSA) is 81.3 Å². The number of allylic oxidation sites excluding steroid dienone is 2. The van der Waals surface area contributed by atoms with Crippen molar-refractivity contribution < 1.29 is 0 Å². The van der Waals surface area contributed by atoms with E-state index in [9.17, 15) is 0 Å². The maximum Gasteiger partial charge on any atom is 0.108 e. The molecule has 3 aliphatic heterocycles. The van der Waals surface area contributed by atoms with Crippen molar-refractivity contribution in [2.45, 2.75) is 31.6 Å². The van der Waals surface area contributed by atoms with Crippen molar-refractivity contribution in [1.82, 2.24) is 20.7 Å². The van der Waals surface area contributed by atoms with E-state index in [-0.39, 0.29) is 24.2 Å². The minimum absolute atomic E-state index is 0.0455. The van der Waals surface area contributed by atoms with E-state index < -0.39 is 0 Å². The van der Waals surface area contributed by atoms with Crippen molar-refractivity contribution in [3.8, 4) is 0 Å². The molecule has 1 fully saturated rings. The Hall–Kier alpha value is -1.44. The van der Waals surface area contributed by atoms with Crippen LogP contribution >= 0.6 is 0 Å². The van der Waals surface area contributed by atoms with Crippen LogP contribution in [-0.2, 0) is 0 Å². The van der Waals surface area contributed by atoms with E-state index in [1.807, 2.05) is 12.1 Å². The van der Waals surface area contributed by atoms with Gasteiger partial charge in [-0.05, 0) is 25.2 Å². The lowest BCUT2D eigenvalue weighted by molar-refractivity contribution is 0.145. The molecule has 7 heteroatoms. The molecule has 1 saturated heterocycles. The summed E-state index contributed by atoms with van der Waals surface area (Å²) in [6.07, 6.45) is 10.5. The lowest BCUT2D eigenvalue weighted by Crippen LogP contribution is -2.64. The second-order valence-electron chi connectivity index (χ2n) is 7.07. The number of nitrogens with two attached hydrogens (primary N) is 1. The van der Waals surface area contributed by atoms with E-state index in [0.717, 1.165) is 25.7 Å². The van der Waals surface area contributed by atoms with Gasteiger partial charge in [0.1, 0.15) is 6.17 Å². The first-order valence-electron chi connectivity index (χ1n) is 8.70. The van der Waals surface area contributed by atoms with Crippen LogP contribution in [0.3, 0.4) is 0 Å². The van der Waals surface area contributed by atoms with Gasteiger partial charge in [-0.3, -0.25) is 20.7 Å². The van der Waals surface area contributed by atoms with Gasteiger partial charge in [-0.2, -0.15) is 10.2 Å². The summed E-state index contributed by atoms with van der Waals surface area (Å²) in [4.78, 5) is 0. The Bertz CT molecular complexity index is 529. The average molecular weight is 317 g/mol. The molecule has 4 rings (SSSR count). The van der Waals surface area contributed by atoms with Gasteiger partial charge in [0.25, 0.3) is 0 Å². The highest BCUT2D eigenvalue weighted by Crippen LogP contribution is 2.29. The van der Waals surface area contributed by atoms with E-state index in [1.54, 1.807) is 0 Å². The molecule has 0 aromatic carbocycles. The third kappa shape index (κ3) is 2.88. The Morgan fingerprint density at radius 1 is 1.35 bits per heavy atom. The van der Waals surface area contributed by atoms with Crippen LogP contribution in [0.15, 0.2) is 22.4 Å². The summed E-state index contributed by atoms with van der Waals surface area (Å²) in [5.41, 5.74) is 7.47. The third-order valence-corrected chi connectivity index (χ3v) is 5.44. The maximum atomic E-state index is 6.30. The monoisotopic (exact) mass is 317 g/mol. The van der Waals surface area contributed by atoms with Gasteiger partial charge in [0.15, 0.2) is 0 Å². The molecule has 4 N–H and O–H groups in total. The number of hydrogen-bond donors (Lipinski definition) is 3. The van der Waals surface area contributed by atoms with E-state index in [0.29, 0.717) is 0 Å². The molecule has 0 aromatic rings. The Balaban J connectivity index is 1.40. The Kier molecular flexibility index (Phi) is 4.09. The van der Waals surface area contributed by atoms with Crippen molar-refractivity contribution in [3.63, 3.8) is 0 Å². The Morgan fingerprint density at radius 3 is 3.09 bits per heavy atom. The van der Waals surface area contributed by atoms with Gasteiger partial charge >= 0.3 is 0 Å². The zero-order valence-corrected chi connectivity index (χ0v) is 13.7. The quantitative estimate of drug-likeness (QED) is 0.635. The molecule has 4 aliphatic rings. The number of hydrogen-bond acceptors (Lipinski definition) is 7. The van der Waals surface area contributed by atoms with E-state index in [1.165, 1.54) is 25.0 Å².